The van der Waals surface area contributed by atoms with Crippen LogP contribution in [-0.2, 0) is 4.79 Å². The Kier molecular flexibility index (Phi) is 5.13. The molecular formula is C18H21N3O4S. The van der Waals surface area contributed by atoms with Crippen molar-refractivity contribution < 1.29 is 18.8 Å². The normalized spacial score (nSPS) is 16.6. The van der Waals surface area contributed by atoms with Crippen molar-refractivity contribution >= 4 is 34.1 Å². The Balaban J connectivity index is 1.77. The number of likely N-dealkylation sites (tertiary alicyclic amines) is 1. The lowest BCUT2D eigenvalue weighted by atomic mass is 10.2. The molecule has 0 spiro atoms. The first-order chi connectivity index (χ1) is 12.4. The summed E-state index contributed by atoms with van der Waals surface area (Å²) in [6.45, 7) is 2.39. The van der Waals surface area contributed by atoms with E-state index in [0.29, 0.717) is 22.8 Å². The third kappa shape index (κ3) is 3.50. The Morgan fingerprint density at radius 1 is 1.35 bits per heavy atom. The Morgan fingerprint density at radius 2 is 2.12 bits per heavy atom. The zero-order valence-electron chi connectivity index (χ0n) is 14.9. The number of furan rings is 1. The van der Waals surface area contributed by atoms with Crippen molar-refractivity contribution in [1.29, 1.82) is 0 Å². The van der Waals surface area contributed by atoms with Crippen molar-refractivity contribution in [3.05, 3.63) is 40.7 Å². The molecular weight excluding hydrogens is 354 g/mol. The Labute approximate surface area is 155 Å². The van der Waals surface area contributed by atoms with Crippen LogP contribution in [0.5, 0.6) is 0 Å². The second-order valence-corrected chi connectivity index (χ2v) is 7.50. The molecule has 0 radical (unpaired) electrons. The monoisotopic (exact) mass is 375 g/mol. The van der Waals surface area contributed by atoms with Gasteiger partial charge in [0.25, 0.3) is 11.8 Å². The maximum Gasteiger partial charge on any atom is 0.291 e. The van der Waals surface area contributed by atoms with Crippen LogP contribution in [0.25, 0.3) is 0 Å². The summed E-state index contributed by atoms with van der Waals surface area (Å²) in [7, 11) is 3.39. The van der Waals surface area contributed by atoms with E-state index in [1.165, 1.54) is 22.5 Å². The van der Waals surface area contributed by atoms with E-state index in [1.54, 1.807) is 37.2 Å². The van der Waals surface area contributed by atoms with E-state index in [-0.39, 0.29) is 23.5 Å². The fourth-order valence-electron chi connectivity index (χ4n) is 3.03. The van der Waals surface area contributed by atoms with Gasteiger partial charge in [-0.2, -0.15) is 0 Å². The average molecular weight is 375 g/mol. The highest BCUT2D eigenvalue weighted by Gasteiger charge is 2.36. The van der Waals surface area contributed by atoms with E-state index < -0.39 is 6.04 Å². The van der Waals surface area contributed by atoms with Gasteiger partial charge in [-0.1, -0.05) is 0 Å². The first-order valence-electron chi connectivity index (χ1n) is 8.36. The molecule has 2 aromatic heterocycles. The van der Waals surface area contributed by atoms with E-state index in [9.17, 15) is 14.4 Å². The van der Waals surface area contributed by atoms with Crippen LogP contribution in [-0.4, -0.2) is 54.2 Å². The summed E-state index contributed by atoms with van der Waals surface area (Å²) >= 11 is 1.21. The number of carbonyl (C=O) groups is 3. The van der Waals surface area contributed by atoms with Gasteiger partial charge in [0.15, 0.2) is 5.76 Å². The highest BCUT2D eigenvalue weighted by atomic mass is 32.1. The number of hydrogen-bond acceptors (Lipinski definition) is 5. The van der Waals surface area contributed by atoms with E-state index in [4.69, 9.17) is 4.42 Å². The van der Waals surface area contributed by atoms with E-state index in [0.717, 1.165) is 12.0 Å². The summed E-state index contributed by atoms with van der Waals surface area (Å²) in [5.41, 5.74) is 0.776. The molecule has 3 heterocycles. The first-order valence-corrected chi connectivity index (χ1v) is 9.17. The first kappa shape index (κ1) is 18.2. The molecule has 0 bridgehead atoms. The van der Waals surface area contributed by atoms with Crippen LogP contribution in [0.4, 0.5) is 5.00 Å². The Bertz CT molecular complexity index is 826. The van der Waals surface area contributed by atoms with Gasteiger partial charge in [-0.3, -0.25) is 14.4 Å². The predicted octanol–water partition coefficient (Wildman–Crippen LogP) is 2.59. The number of aryl methyl sites for hydroxylation is 1. The van der Waals surface area contributed by atoms with Gasteiger partial charge in [0.05, 0.1) is 16.1 Å². The summed E-state index contributed by atoms with van der Waals surface area (Å²) in [6.07, 6.45) is 2.91. The average Bonchev–Trinajstić information content (AvgIpc) is 3.34. The van der Waals surface area contributed by atoms with Gasteiger partial charge < -0.3 is 19.5 Å². The van der Waals surface area contributed by atoms with Gasteiger partial charge >= 0.3 is 0 Å². The molecule has 2 aromatic rings. The number of hydrogen-bond donors (Lipinski definition) is 1. The van der Waals surface area contributed by atoms with E-state index >= 15 is 0 Å². The standard InChI is InChI=1S/C18H21N3O4S/c1-11-10-14(19-16(22)13-7-5-9-25-13)26-15(11)18(24)21-8-4-6-12(21)17(23)20(2)3/h5,7,9-10,12H,4,6,8H2,1-3H3,(H,19,22). The second kappa shape index (κ2) is 7.33. The molecule has 1 fully saturated rings. The number of nitrogens with one attached hydrogen (secondary N) is 1. The lowest BCUT2D eigenvalue weighted by molar-refractivity contribution is -0.132. The number of rotatable bonds is 4. The summed E-state index contributed by atoms with van der Waals surface area (Å²) < 4.78 is 5.07. The summed E-state index contributed by atoms with van der Waals surface area (Å²) in [6, 6.07) is 4.56. The highest BCUT2D eigenvalue weighted by molar-refractivity contribution is 7.18. The molecule has 8 heteroatoms. The third-order valence-corrected chi connectivity index (χ3v) is 5.47. The molecule has 7 nitrogen and oxygen atoms in total. The van der Waals surface area contributed by atoms with Crippen LogP contribution in [0.3, 0.4) is 0 Å². The summed E-state index contributed by atoms with van der Waals surface area (Å²) in [5.74, 6) is -0.377. The van der Waals surface area contributed by atoms with E-state index in [2.05, 4.69) is 5.32 Å². The molecule has 1 aliphatic rings. The largest absolute Gasteiger partial charge is 0.459 e. The smallest absolute Gasteiger partial charge is 0.291 e. The van der Waals surface area contributed by atoms with Crippen LogP contribution in [0.2, 0.25) is 0 Å². The van der Waals surface area contributed by atoms with Crippen molar-refractivity contribution in [2.45, 2.75) is 25.8 Å². The quantitative estimate of drug-likeness (QED) is 0.890. The van der Waals surface area contributed by atoms with Crippen molar-refractivity contribution in [3.63, 3.8) is 0 Å². The molecule has 1 N–H and O–H groups in total. The van der Waals surface area contributed by atoms with Crippen LogP contribution < -0.4 is 5.32 Å². The zero-order chi connectivity index (χ0) is 18.8. The SMILES string of the molecule is Cc1cc(NC(=O)c2ccco2)sc1C(=O)N1CCCC1C(=O)N(C)C. The van der Waals surface area contributed by atoms with Crippen molar-refractivity contribution in [1.82, 2.24) is 9.80 Å². The lowest BCUT2D eigenvalue weighted by Gasteiger charge is -2.26. The van der Waals surface area contributed by atoms with Gasteiger partial charge in [0.2, 0.25) is 5.91 Å². The van der Waals surface area contributed by atoms with Gasteiger partial charge in [0, 0.05) is 20.6 Å². The topological polar surface area (TPSA) is 82.9 Å². The van der Waals surface area contributed by atoms with Crippen molar-refractivity contribution in [2.24, 2.45) is 0 Å². The van der Waals surface area contributed by atoms with Gasteiger partial charge in [-0.05, 0) is 43.5 Å². The summed E-state index contributed by atoms with van der Waals surface area (Å²) in [4.78, 5) is 41.1. The predicted molar refractivity (Wildman–Crippen MR) is 98.5 cm³/mol. The maximum absolute atomic E-state index is 13.0. The lowest BCUT2D eigenvalue weighted by Crippen LogP contribution is -2.45. The number of amides is 3. The minimum absolute atomic E-state index is 0.0589. The van der Waals surface area contributed by atoms with Crippen LogP contribution in [0, 0.1) is 6.92 Å². The number of carbonyl (C=O) groups excluding carboxylic acids is 3. The summed E-state index contributed by atoms with van der Waals surface area (Å²) in [5, 5.41) is 3.31. The second-order valence-electron chi connectivity index (χ2n) is 6.44. The Hall–Kier alpha value is -2.61. The minimum Gasteiger partial charge on any atom is -0.459 e. The molecule has 26 heavy (non-hydrogen) atoms. The number of likely N-dealkylation sites (N-methyl/N-ethyl adjacent to an activating group) is 1. The van der Waals surface area contributed by atoms with Gasteiger partial charge in [0.1, 0.15) is 6.04 Å². The Morgan fingerprint density at radius 3 is 2.77 bits per heavy atom. The zero-order valence-corrected chi connectivity index (χ0v) is 15.8. The van der Waals surface area contributed by atoms with Crippen LogP contribution in [0.1, 0.15) is 38.6 Å². The molecule has 0 aliphatic carbocycles. The molecule has 1 atom stereocenters. The van der Waals surface area contributed by atoms with Crippen molar-refractivity contribution in [2.75, 3.05) is 26.0 Å². The molecule has 0 saturated carbocycles. The molecule has 1 aliphatic heterocycles. The number of anilines is 1. The molecule has 1 unspecified atom stereocenters. The van der Waals surface area contributed by atoms with E-state index in [1.807, 2.05) is 6.92 Å². The fourth-order valence-corrected chi connectivity index (χ4v) is 4.06. The number of nitrogens with zero attached hydrogens (tertiary/aromatic N) is 2. The molecule has 0 aromatic carbocycles. The molecule has 138 valence electrons. The fraction of sp³-hybridized carbons (Fsp3) is 0.389. The molecule has 3 amide bonds. The van der Waals surface area contributed by atoms with Crippen molar-refractivity contribution in [3.8, 4) is 0 Å². The third-order valence-electron chi connectivity index (χ3n) is 4.33. The van der Waals surface area contributed by atoms with Crippen LogP contribution in [0.15, 0.2) is 28.9 Å². The van der Waals surface area contributed by atoms with Gasteiger partial charge in [-0.25, -0.2) is 0 Å². The maximum atomic E-state index is 13.0. The molecule has 3 rings (SSSR count). The number of thiophene rings is 1. The van der Waals surface area contributed by atoms with Crippen LogP contribution >= 0.6 is 11.3 Å². The minimum atomic E-state index is -0.417. The highest BCUT2D eigenvalue weighted by Crippen LogP contribution is 2.31. The van der Waals surface area contributed by atoms with Gasteiger partial charge in [-0.15, -0.1) is 11.3 Å². The molecule has 1 saturated heterocycles.